The number of nitrogens with one attached hydrogen (secondary N) is 3. The van der Waals surface area contributed by atoms with Gasteiger partial charge in [0.1, 0.15) is 0 Å². The summed E-state index contributed by atoms with van der Waals surface area (Å²) in [6.07, 6.45) is 0.688. The zero-order chi connectivity index (χ0) is 20.3. The first-order valence-electron chi connectivity index (χ1n) is 9.33. The van der Waals surface area contributed by atoms with E-state index < -0.39 is 6.03 Å². The molecule has 3 aromatic carbocycles. The number of hydrogen-bond acceptors (Lipinski definition) is 2. The van der Waals surface area contributed by atoms with E-state index in [4.69, 9.17) is 11.6 Å². The van der Waals surface area contributed by atoms with Crippen LogP contribution in [0, 0.1) is 5.92 Å². The fourth-order valence-corrected chi connectivity index (χ4v) is 3.88. The molecular formula is C23H20ClN3O2. The summed E-state index contributed by atoms with van der Waals surface area (Å²) in [5.74, 6) is -0.480. The Balaban J connectivity index is 1.43. The summed E-state index contributed by atoms with van der Waals surface area (Å²) in [6.45, 7) is 0. The maximum Gasteiger partial charge on any atom is 0.337 e. The Labute approximate surface area is 174 Å². The van der Waals surface area contributed by atoms with Crippen LogP contribution in [0.25, 0.3) is 0 Å². The number of halogens is 1. The number of rotatable bonds is 4. The Morgan fingerprint density at radius 1 is 0.793 bits per heavy atom. The van der Waals surface area contributed by atoms with Crippen molar-refractivity contribution in [1.29, 1.82) is 0 Å². The monoisotopic (exact) mass is 405 g/mol. The lowest BCUT2D eigenvalue weighted by Gasteiger charge is -2.19. The minimum atomic E-state index is -0.522. The van der Waals surface area contributed by atoms with Gasteiger partial charge < -0.3 is 5.32 Å². The SMILES string of the molecule is O=C(NNC(=O)[C@H]1CC1(c1ccccc1)c1ccccc1)Nc1ccc(Cl)cc1. The Morgan fingerprint density at radius 3 is 1.90 bits per heavy atom. The molecule has 0 radical (unpaired) electrons. The highest BCUT2D eigenvalue weighted by Gasteiger charge is 2.60. The van der Waals surface area contributed by atoms with Gasteiger partial charge in [-0.15, -0.1) is 0 Å². The van der Waals surface area contributed by atoms with Gasteiger partial charge in [-0.05, 0) is 41.8 Å². The molecular weight excluding hydrogens is 386 g/mol. The molecule has 0 saturated heterocycles. The zero-order valence-corrected chi connectivity index (χ0v) is 16.3. The molecule has 1 aliphatic carbocycles. The first-order valence-corrected chi connectivity index (χ1v) is 9.71. The summed E-state index contributed by atoms with van der Waals surface area (Å²) < 4.78 is 0. The van der Waals surface area contributed by atoms with Gasteiger partial charge in [0.05, 0.1) is 5.92 Å². The molecule has 4 rings (SSSR count). The number of benzene rings is 3. The van der Waals surface area contributed by atoms with Crippen LogP contribution in [0.3, 0.4) is 0 Å². The van der Waals surface area contributed by atoms with Gasteiger partial charge in [-0.25, -0.2) is 10.2 Å². The largest absolute Gasteiger partial charge is 0.337 e. The minimum Gasteiger partial charge on any atom is -0.307 e. The molecule has 29 heavy (non-hydrogen) atoms. The Morgan fingerprint density at radius 2 is 1.34 bits per heavy atom. The lowest BCUT2D eigenvalue weighted by Crippen LogP contribution is -2.45. The Hall–Kier alpha value is -3.31. The van der Waals surface area contributed by atoms with Crippen LogP contribution in [0.2, 0.25) is 5.02 Å². The molecule has 3 N–H and O–H groups in total. The summed E-state index contributed by atoms with van der Waals surface area (Å²) in [7, 11) is 0. The summed E-state index contributed by atoms with van der Waals surface area (Å²) in [6, 6.07) is 26.2. The van der Waals surface area contributed by atoms with Crippen molar-refractivity contribution in [2.75, 3.05) is 5.32 Å². The molecule has 1 aliphatic rings. The predicted molar refractivity (Wildman–Crippen MR) is 114 cm³/mol. The third kappa shape index (κ3) is 3.96. The van der Waals surface area contributed by atoms with Crippen molar-refractivity contribution in [3.63, 3.8) is 0 Å². The van der Waals surface area contributed by atoms with Crippen LogP contribution in [0.4, 0.5) is 10.5 Å². The normalized spacial score (nSPS) is 16.5. The Bertz CT molecular complexity index is 968. The summed E-state index contributed by atoms with van der Waals surface area (Å²) >= 11 is 5.84. The highest BCUT2D eigenvalue weighted by molar-refractivity contribution is 6.30. The highest BCUT2D eigenvalue weighted by Crippen LogP contribution is 2.58. The zero-order valence-electron chi connectivity index (χ0n) is 15.6. The maximum absolute atomic E-state index is 12.8. The van der Waals surface area contributed by atoms with Gasteiger partial charge in [0.15, 0.2) is 0 Å². The molecule has 0 spiro atoms. The molecule has 5 nitrogen and oxygen atoms in total. The molecule has 0 aliphatic heterocycles. The summed E-state index contributed by atoms with van der Waals surface area (Å²) in [4.78, 5) is 24.9. The van der Waals surface area contributed by atoms with Crippen LogP contribution in [0.15, 0.2) is 84.9 Å². The minimum absolute atomic E-state index is 0.219. The van der Waals surface area contributed by atoms with Crippen LogP contribution in [0.5, 0.6) is 0 Å². The maximum atomic E-state index is 12.8. The number of urea groups is 1. The average molecular weight is 406 g/mol. The van der Waals surface area contributed by atoms with Gasteiger partial charge in [-0.2, -0.15) is 0 Å². The molecule has 1 fully saturated rings. The number of hydrazine groups is 1. The molecule has 0 bridgehead atoms. The van der Waals surface area contributed by atoms with Gasteiger partial charge >= 0.3 is 6.03 Å². The van der Waals surface area contributed by atoms with Crippen molar-refractivity contribution in [3.05, 3.63) is 101 Å². The van der Waals surface area contributed by atoms with E-state index in [-0.39, 0.29) is 17.2 Å². The number of anilines is 1. The molecule has 0 unspecified atom stereocenters. The second-order valence-electron chi connectivity index (χ2n) is 7.04. The third-order valence-electron chi connectivity index (χ3n) is 5.26. The van der Waals surface area contributed by atoms with Crippen molar-refractivity contribution < 1.29 is 9.59 Å². The van der Waals surface area contributed by atoms with Gasteiger partial charge in [-0.1, -0.05) is 72.3 Å². The molecule has 3 aromatic rings. The first-order chi connectivity index (χ1) is 14.1. The van der Waals surface area contributed by atoms with Crippen LogP contribution < -0.4 is 16.2 Å². The van der Waals surface area contributed by atoms with Crippen molar-refractivity contribution in [2.24, 2.45) is 5.92 Å². The molecule has 6 heteroatoms. The van der Waals surface area contributed by atoms with E-state index in [2.05, 4.69) is 16.2 Å². The van der Waals surface area contributed by atoms with Gasteiger partial charge in [0.2, 0.25) is 5.91 Å². The van der Waals surface area contributed by atoms with Gasteiger partial charge in [-0.3, -0.25) is 10.2 Å². The quantitative estimate of drug-likeness (QED) is 0.559. The highest BCUT2D eigenvalue weighted by atomic mass is 35.5. The molecule has 1 atom stereocenters. The summed E-state index contributed by atoms with van der Waals surface area (Å²) in [5, 5.41) is 3.22. The van der Waals surface area contributed by atoms with E-state index >= 15 is 0 Å². The number of amides is 3. The molecule has 146 valence electrons. The first kappa shape index (κ1) is 19.0. The van der Waals surface area contributed by atoms with Gasteiger partial charge in [0, 0.05) is 16.1 Å². The topological polar surface area (TPSA) is 70.2 Å². The van der Waals surface area contributed by atoms with E-state index in [1.54, 1.807) is 24.3 Å². The number of hydrogen-bond donors (Lipinski definition) is 3. The van der Waals surface area contributed by atoms with Gasteiger partial charge in [0.25, 0.3) is 0 Å². The predicted octanol–water partition coefficient (Wildman–Crippen LogP) is 4.50. The lowest BCUT2D eigenvalue weighted by atomic mass is 9.85. The fraction of sp³-hybridized carbons (Fsp3) is 0.130. The summed E-state index contributed by atoms with van der Waals surface area (Å²) in [5.41, 5.74) is 7.36. The fourth-order valence-electron chi connectivity index (χ4n) is 3.76. The van der Waals surface area contributed by atoms with Crippen LogP contribution in [0.1, 0.15) is 17.5 Å². The molecule has 3 amide bonds. The van der Waals surface area contributed by atoms with Crippen LogP contribution >= 0.6 is 11.6 Å². The van der Waals surface area contributed by atoms with E-state index in [0.717, 1.165) is 11.1 Å². The van der Waals surface area contributed by atoms with Crippen LogP contribution in [-0.2, 0) is 10.2 Å². The standard InChI is InChI=1S/C23H20ClN3O2/c24-18-11-13-19(14-12-18)25-22(29)27-26-21(28)20-15-23(20,16-7-3-1-4-8-16)17-9-5-2-6-10-17/h1-14,20H,15H2,(H,26,28)(H2,25,27,29)/t20-/m1/s1. The molecule has 0 aromatic heterocycles. The lowest BCUT2D eigenvalue weighted by molar-refractivity contribution is -0.123. The van der Waals surface area contributed by atoms with E-state index in [0.29, 0.717) is 17.1 Å². The van der Waals surface area contributed by atoms with Crippen molar-refractivity contribution in [1.82, 2.24) is 10.9 Å². The van der Waals surface area contributed by atoms with Crippen molar-refractivity contribution >= 4 is 29.2 Å². The Kier molecular flexibility index (Phi) is 5.23. The second-order valence-corrected chi connectivity index (χ2v) is 7.47. The van der Waals surface area contributed by atoms with E-state index in [1.807, 2.05) is 60.7 Å². The van der Waals surface area contributed by atoms with E-state index in [9.17, 15) is 9.59 Å². The molecule has 1 saturated carbocycles. The number of carbonyl (C=O) groups is 2. The molecule has 0 heterocycles. The van der Waals surface area contributed by atoms with Crippen molar-refractivity contribution in [3.8, 4) is 0 Å². The number of carbonyl (C=O) groups excluding carboxylic acids is 2. The average Bonchev–Trinajstić information content (AvgIpc) is 3.52. The van der Waals surface area contributed by atoms with Crippen molar-refractivity contribution in [2.45, 2.75) is 11.8 Å². The smallest absolute Gasteiger partial charge is 0.307 e. The third-order valence-corrected chi connectivity index (χ3v) is 5.51. The van der Waals surface area contributed by atoms with E-state index in [1.165, 1.54) is 0 Å². The second kappa shape index (κ2) is 7.97. The van der Waals surface area contributed by atoms with Crippen LogP contribution in [-0.4, -0.2) is 11.9 Å².